The number of halogens is 3. The highest BCUT2D eigenvalue weighted by atomic mass is 35.5. The van der Waals surface area contributed by atoms with E-state index in [0.717, 1.165) is 22.3 Å². The first kappa shape index (κ1) is 26.0. The molecular weight excluding hydrogens is 478 g/mol. The molecule has 0 aromatic heterocycles. The third-order valence-corrected chi connectivity index (χ3v) is 5.80. The van der Waals surface area contributed by atoms with Gasteiger partial charge in [-0.1, -0.05) is 23.7 Å². The highest BCUT2D eigenvalue weighted by Crippen LogP contribution is 2.30. The molecule has 3 aromatic rings. The summed E-state index contributed by atoms with van der Waals surface area (Å²) in [4.78, 5) is 12.6. The number of aryl methyl sites for hydroxylation is 2. The van der Waals surface area contributed by atoms with E-state index in [2.05, 4.69) is 4.74 Å². The molecule has 0 bridgehead atoms. The highest BCUT2D eigenvalue weighted by molar-refractivity contribution is 6.32. The van der Waals surface area contributed by atoms with Gasteiger partial charge in [0.25, 0.3) is 0 Å². The fraction of sp³-hybridized carbons (Fsp3) is 0.222. The molecule has 0 atom stereocenters. The van der Waals surface area contributed by atoms with Crippen LogP contribution in [-0.4, -0.2) is 26.6 Å². The van der Waals surface area contributed by atoms with Crippen LogP contribution in [0.15, 0.2) is 54.6 Å². The van der Waals surface area contributed by atoms with E-state index in [-0.39, 0.29) is 29.5 Å². The Bertz CT molecular complexity index is 1220. The largest absolute Gasteiger partial charge is 0.496 e. The number of methoxy groups -OCH3 is 2. The Hall–Kier alpha value is -3.58. The lowest BCUT2D eigenvalue weighted by Crippen LogP contribution is -2.04. The molecule has 0 aliphatic heterocycles. The van der Waals surface area contributed by atoms with Gasteiger partial charge in [0, 0.05) is 16.1 Å². The maximum absolute atomic E-state index is 12.6. The van der Waals surface area contributed by atoms with Gasteiger partial charge in [-0.2, -0.15) is 8.78 Å². The second-order valence-corrected chi connectivity index (χ2v) is 8.05. The molecule has 3 rings (SSSR count). The van der Waals surface area contributed by atoms with Crippen LogP contribution < -0.4 is 18.9 Å². The van der Waals surface area contributed by atoms with Crippen LogP contribution in [0.25, 0.3) is 6.08 Å². The van der Waals surface area contributed by atoms with Crippen molar-refractivity contribution in [1.29, 1.82) is 0 Å². The third-order valence-electron chi connectivity index (χ3n) is 5.20. The summed E-state index contributed by atoms with van der Waals surface area (Å²) in [6.45, 7) is 1.09. The number of hydrogen-bond donors (Lipinski definition) is 0. The van der Waals surface area contributed by atoms with Crippen molar-refractivity contribution in [3.05, 3.63) is 87.4 Å². The van der Waals surface area contributed by atoms with Gasteiger partial charge in [-0.15, -0.1) is 0 Å². The Morgan fingerprint density at radius 2 is 1.60 bits per heavy atom. The minimum Gasteiger partial charge on any atom is -0.496 e. The molecule has 0 aliphatic carbocycles. The fourth-order valence-corrected chi connectivity index (χ4v) is 3.56. The molecule has 3 aromatic carbocycles. The third kappa shape index (κ3) is 6.73. The molecule has 0 saturated heterocycles. The summed E-state index contributed by atoms with van der Waals surface area (Å²) in [5.74, 6) is 0.911. The SMILES string of the molecule is COc1ccc(/C=C/C(=O)c2ccc(OC(F)F)c(OC)c2)cc1COc1cc(C)c(Cl)c(C)c1. The summed E-state index contributed by atoms with van der Waals surface area (Å²) in [5, 5.41) is 0.709. The summed E-state index contributed by atoms with van der Waals surface area (Å²) in [7, 11) is 2.88. The molecular formula is C27H25ClF2O5. The molecule has 8 heteroatoms. The fourth-order valence-electron chi connectivity index (χ4n) is 3.45. The molecule has 35 heavy (non-hydrogen) atoms. The van der Waals surface area contributed by atoms with Crippen LogP contribution in [-0.2, 0) is 6.61 Å². The van der Waals surface area contributed by atoms with Gasteiger partial charge in [0.15, 0.2) is 17.3 Å². The Balaban J connectivity index is 1.76. The quantitative estimate of drug-likeness (QED) is 0.219. The van der Waals surface area contributed by atoms with E-state index in [1.54, 1.807) is 19.3 Å². The zero-order valence-corrected chi connectivity index (χ0v) is 20.5. The molecule has 0 heterocycles. The first-order valence-electron chi connectivity index (χ1n) is 10.6. The Labute approximate surface area is 207 Å². The van der Waals surface area contributed by atoms with Gasteiger partial charge >= 0.3 is 6.61 Å². The molecule has 0 aliphatic rings. The van der Waals surface area contributed by atoms with Gasteiger partial charge in [-0.3, -0.25) is 4.79 Å². The van der Waals surface area contributed by atoms with E-state index in [9.17, 15) is 13.6 Å². The minimum atomic E-state index is -2.99. The van der Waals surface area contributed by atoms with E-state index in [0.29, 0.717) is 16.5 Å². The summed E-state index contributed by atoms with van der Waals surface area (Å²) < 4.78 is 45.9. The number of alkyl halides is 2. The topological polar surface area (TPSA) is 54.0 Å². The molecule has 0 spiro atoms. The van der Waals surface area contributed by atoms with Crippen LogP contribution >= 0.6 is 11.6 Å². The summed E-state index contributed by atoms with van der Waals surface area (Å²) >= 11 is 6.23. The number of ketones is 1. The number of carbonyl (C=O) groups is 1. The summed E-state index contributed by atoms with van der Waals surface area (Å²) in [5.41, 5.74) is 3.67. The average molecular weight is 503 g/mol. The zero-order valence-electron chi connectivity index (χ0n) is 19.7. The van der Waals surface area contributed by atoms with Crippen LogP contribution in [0.4, 0.5) is 8.78 Å². The van der Waals surface area contributed by atoms with Gasteiger partial charge in [0.05, 0.1) is 14.2 Å². The second-order valence-electron chi connectivity index (χ2n) is 7.67. The lowest BCUT2D eigenvalue weighted by Gasteiger charge is -2.13. The minimum absolute atomic E-state index is 0.0427. The summed E-state index contributed by atoms with van der Waals surface area (Å²) in [6, 6.07) is 13.2. The van der Waals surface area contributed by atoms with Crippen molar-refractivity contribution < 1.29 is 32.5 Å². The van der Waals surface area contributed by atoms with E-state index in [4.69, 9.17) is 25.8 Å². The molecule has 0 N–H and O–H groups in total. The van der Waals surface area contributed by atoms with Crippen LogP contribution in [0.3, 0.4) is 0 Å². The number of rotatable bonds is 10. The van der Waals surface area contributed by atoms with Crippen molar-refractivity contribution in [1.82, 2.24) is 0 Å². The van der Waals surface area contributed by atoms with Gasteiger partial charge in [0.1, 0.15) is 18.1 Å². The van der Waals surface area contributed by atoms with E-state index < -0.39 is 6.61 Å². The van der Waals surface area contributed by atoms with Gasteiger partial charge < -0.3 is 18.9 Å². The molecule has 0 radical (unpaired) electrons. The first-order valence-corrected chi connectivity index (χ1v) is 11.0. The standard InChI is InChI=1S/C27H25ClF2O5/c1-16-11-21(12-17(2)26(16)28)34-15-20-13-18(6-9-23(20)32-3)5-8-22(31)19-7-10-24(35-27(29)30)25(14-19)33-4/h5-14,27H,15H2,1-4H3/b8-5+. The smallest absolute Gasteiger partial charge is 0.387 e. The van der Waals surface area contributed by atoms with E-state index in [1.165, 1.54) is 31.4 Å². The van der Waals surface area contributed by atoms with Crippen molar-refractivity contribution in [3.8, 4) is 23.0 Å². The molecule has 0 amide bonds. The van der Waals surface area contributed by atoms with Crippen LogP contribution in [0, 0.1) is 13.8 Å². The van der Waals surface area contributed by atoms with Crippen molar-refractivity contribution in [3.63, 3.8) is 0 Å². The van der Waals surface area contributed by atoms with Crippen LogP contribution in [0.5, 0.6) is 23.0 Å². The van der Waals surface area contributed by atoms with E-state index in [1.807, 2.05) is 38.1 Å². The number of ether oxygens (including phenoxy) is 4. The monoisotopic (exact) mass is 502 g/mol. The predicted octanol–water partition coefficient (Wildman–Crippen LogP) is 7.05. The number of carbonyl (C=O) groups excluding carboxylic acids is 1. The number of allylic oxidation sites excluding steroid dienone is 1. The normalized spacial score (nSPS) is 11.1. The Kier molecular flexibility index (Phi) is 8.71. The lowest BCUT2D eigenvalue weighted by molar-refractivity contribution is -0.0512. The maximum atomic E-state index is 12.6. The van der Waals surface area contributed by atoms with Crippen LogP contribution in [0.1, 0.15) is 32.6 Å². The molecule has 5 nitrogen and oxygen atoms in total. The molecule has 0 unspecified atom stereocenters. The summed E-state index contributed by atoms with van der Waals surface area (Å²) in [6.07, 6.45) is 3.04. The molecule has 0 saturated carbocycles. The first-order chi connectivity index (χ1) is 16.7. The van der Waals surface area contributed by atoms with Crippen LogP contribution in [0.2, 0.25) is 5.02 Å². The van der Waals surface area contributed by atoms with Gasteiger partial charge in [0.2, 0.25) is 0 Å². The highest BCUT2D eigenvalue weighted by Gasteiger charge is 2.13. The Morgan fingerprint density at radius 1 is 0.943 bits per heavy atom. The Morgan fingerprint density at radius 3 is 2.23 bits per heavy atom. The second kappa shape index (κ2) is 11.7. The van der Waals surface area contributed by atoms with Crippen molar-refractivity contribution >= 4 is 23.5 Å². The number of benzene rings is 3. The predicted molar refractivity (Wildman–Crippen MR) is 131 cm³/mol. The van der Waals surface area contributed by atoms with Crippen molar-refractivity contribution in [2.24, 2.45) is 0 Å². The maximum Gasteiger partial charge on any atom is 0.387 e. The lowest BCUT2D eigenvalue weighted by atomic mass is 10.1. The zero-order chi connectivity index (χ0) is 25.5. The van der Waals surface area contributed by atoms with Gasteiger partial charge in [-0.05, 0) is 79.1 Å². The average Bonchev–Trinajstić information content (AvgIpc) is 2.84. The van der Waals surface area contributed by atoms with Gasteiger partial charge in [-0.25, -0.2) is 0 Å². The van der Waals surface area contributed by atoms with Crippen molar-refractivity contribution in [2.45, 2.75) is 27.1 Å². The molecule has 0 fully saturated rings. The van der Waals surface area contributed by atoms with E-state index >= 15 is 0 Å². The van der Waals surface area contributed by atoms with Crippen molar-refractivity contribution in [2.75, 3.05) is 14.2 Å². The molecule has 184 valence electrons. The number of hydrogen-bond acceptors (Lipinski definition) is 5.